The Morgan fingerprint density at radius 2 is 1.81 bits per heavy atom. The number of methoxy groups -OCH3 is 1. The number of pyridine rings is 2. The number of nitrogens with zero attached hydrogens (tertiary/aromatic N) is 2. The molecule has 3 aromatic rings. The van der Waals surface area contributed by atoms with Crippen molar-refractivity contribution in [1.82, 2.24) is 9.55 Å². The fraction of sp³-hybridized carbons (Fsp3) is 0.0588. The highest BCUT2D eigenvalue weighted by Crippen LogP contribution is 2.23. The molecule has 0 radical (unpaired) electrons. The number of hydrogen-bond donors (Lipinski definition) is 0. The predicted molar refractivity (Wildman–Crippen MR) is 81.8 cm³/mol. The molecule has 0 atom stereocenters. The average Bonchev–Trinajstić information content (AvgIpc) is 2.56. The van der Waals surface area contributed by atoms with Gasteiger partial charge < -0.3 is 4.74 Å². The molecule has 2 aromatic heterocycles. The molecule has 0 aliphatic rings. The van der Waals surface area contributed by atoms with Gasteiger partial charge >= 0.3 is 0 Å². The van der Waals surface area contributed by atoms with Crippen molar-refractivity contribution >= 4 is 0 Å². The summed E-state index contributed by atoms with van der Waals surface area (Å²) in [6.07, 6.45) is 5.16. The first-order chi connectivity index (χ1) is 10.3. The summed E-state index contributed by atoms with van der Waals surface area (Å²) in [4.78, 5) is 16.0. The van der Waals surface area contributed by atoms with Gasteiger partial charge in [-0.2, -0.15) is 0 Å². The van der Waals surface area contributed by atoms with Crippen LogP contribution in [-0.4, -0.2) is 16.7 Å². The zero-order chi connectivity index (χ0) is 14.7. The minimum absolute atomic E-state index is 0.0761. The Hall–Kier alpha value is -2.88. The summed E-state index contributed by atoms with van der Waals surface area (Å²) in [5, 5.41) is 0. The number of aromatic nitrogens is 2. The van der Waals surface area contributed by atoms with Crippen molar-refractivity contribution in [2.24, 2.45) is 0 Å². The summed E-state index contributed by atoms with van der Waals surface area (Å²) in [5.74, 6) is 0.786. The van der Waals surface area contributed by atoms with Crippen molar-refractivity contribution in [3.05, 3.63) is 77.5 Å². The van der Waals surface area contributed by atoms with E-state index < -0.39 is 0 Å². The molecule has 4 heteroatoms. The highest BCUT2D eigenvalue weighted by atomic mass is 16.5. The van der Waals surface area contributed by atoms with Crippen LogP contribution in [0.4, 0.5) is 0 Å². The van der Waals surface area contributed by atoms with E-state index in [0.717, 1.165) is 22.6 Å². The SMILES string of the molecule is COc1cccc(-c2ccc(=O)n(-c3ccncc3)c2)c1. The fourth-order valence-electron chi connectivity index (χ4n) is 2.17. The van der Waals surface area contributed by atoms with Crippen LogP contribution in [0.5, 0.6) is 5.75 Å². The smallest absolute Gasteiger partial charge is 0.255 e. The van der Waals surface area contributed by atoms with E-state index in [-0.39, 0.29) is 5.56 Å². The summed E-state index contributed by atoms with van der Waals surface area (Å²) >= 11 is 0. The minimum Gasteiger partial charge on any atom is -0.497 e. The summed E-state index contributed by atoms with van der Waals surface area (Å²) in [6.45, 7) is 0. The Kier molecular flexibility index (Phi) is 3.51. The van der Waals surface area contributed by atoms with Gasteiger partial charge in [0.25, 0.3) is 5.56 Å². The van der Waals surface area contributed by atoms with Gasteiger partial charge in [-0.1, -0.05) is 12.1 Å². The van der Waals surface area contributed by atoms with Gasteiger partial charge in [0, 0.05) is 24.7 Å². The van der Waals surface area contributed by atoms with Crippen molar-refractivity contribution in [3.63, 3.8) is 0 Å². The third kappa shape index (κ3) is 2.69. The highest BCUT2D eigenvalue weighted by molar-refractivity contribution is 5.64. The molecule has 0 amide bonds. The van der Waals surface area contributed by atoms with E-state index >= 15 is 0 Å². The zero-order valence-electron chi connectivity index (χ0n) is 11.6. The molecule has 3 rings (SSSR count). The van der Waals surface area contributed by atoms with Crippen LogP contribution < -0.4 is 10.3 Å². The number of hydrogen-bond acceptors (Lipinski definition) is 3. The molecular formula is C17H14N2O2. The first-order valence-electron chi connectivity index (χ1n) is 6.55. The number of benzene rings is 1. The normalized spacial score (nSPS) is 10.3. The molecule has 104 valence electrons. The summed E-state index contributed by atoms with van der Waals surface area (Å²) in [7, 11) is 1.64. The monoisotopic (exact) mass is 278 g/mol. The van der Waals surface area contributed by atoms with E-state index in [1.54, 1.807) is 42.3 Å². The molecule has 4 nitrogen and oxygen atoms in total. The maximum Gasteiger partial charge on any atom is 0.255 e. The maximum absolute atomic E-state index is 12.0. The molecule has 0 aliphatic heterocycles. The molecule has 0 bridgehead atoms. The van der Waals surface area contributed by atoms with Gasteiger partial charge in [-0.3, -0.25) is 14.3 Å². The number of rotatable bonds is 3. The molecule has 0 aliphatic carbocycles. The molecule has 0 fully saturated rings. The Labute approximate surface area is 122 Å². The van der Waals surface area contributed by atoms with E-state index in [1.807, 2.05) is 36.5 Å². The van der Waals surface area contributed by atoms with Crippen LogP contribution in [-0.2, 0) is 0 Å². The molecule has 0 N–H and O–H groups in total. The predicted octanol–water partition coefficient (Wildman–Crippen LogP) is 2.91. The van der Waals surface area contributed by atoms with Crippen LogP contribution in [0.25, 0.3) is 16.8 Å². The molecule has 0 unspecified atom stereocenters. The van der Waals surface area contributed by atoms with Crippen LogP contribution in [0.3, 0.4) is 0 Å². The lowest BCUT2D eigenvalue weighted by Crippen LogP contribution is -2.16. The minimum atomic E-state index is -0.0761. The fourth-order valence-corrected chi connectivity index (χ4v) is 2.17. The summed E-state index contributed by atoms with van der Waals surface area (Å²) in [5.41, 5.74) is 2.66. The first kappa shape index (κ1) is 13.1. The number of ether oxygens (including phenoxy) is 1. The van der Waals surface area contributed by atoms with Crippen molar-refractivity contribution in [1.29, 1.82) is 0 Å². The third-order valence-electron chi connectivity index (χ3n) is 3.26. The second-order valence-electron chi connectivity index (χ2n) is 4.56. The second kappa shape index (κ2) is 5.63. The van der Waals surface area contributed by atoms with Gasteiger partial charge in [0.1, 0.15) is 5.75 Å². The van der Waals surface area contributed by atoms with Crippen LogP contribution in [0.1, 0.15) is 0 Å². The molecule has 0 saturated heterocycles. The molecular weight excluding hydrogens is 264 g/mol. The topological polar surface area (TPSA) is 44.1 Å². The Morgan fingerprint density at radius 3 is 2.57 bits per heavy atom. The standard InChI is InChI=1S/C17H14N2O2/c1-21-16-4-2-3-13(11-16)14-5-6-17(20)19(12-14)15-7-9-18-10-8-15/h2-12H,1H3. The Bertz CT molecular complexity index is 810. The third-order valence-corrected chi connectivity index (χ3v) is 3.26. The summed E-state index contributed by atoms with van der Waals surface area (Å²) in [6, 6.07) is 14.7. The molecule has 0 spiro atoms. The molecule has 21 heavy (non-hydrogen) atoms. The van der Waals surface area contributed by atoms with Gasteiger partial charge in [0.15, 0.2) is 0 Å². The largest absolute Gasteiger partial charge is 0.497 e. The van der Waals surface area contributed by atoms with E-state index in [1.165, 1.54) is 0 Å². The van der Waals surface area contributed by atoms with Crippen LogP contribution in [0, 0.1) is 0 Å². The van der Waals surface area contributed by atoms with Crippen molar-refractivity contribution < 1.29 is 4.74 Å². The van der Waals surface area contributed by atoms with Gasteiger partial charge in [0.05, 0.1) is 12.8 Å². The first-order valence-corrected chi connectivity index (χ1v) is 6.55. The van der Waals surface area contributed by atoms with Crippen LogP contribution in [0.15, 0.2) is 71.9 Å². The van der Waals surface area contributed by atoms with Gasteiger partial charge in [-0.15, -0.1) is 0 Å². The van der Waals surface area contributed by atoms with Crippen molar-refractivity contribution in [2.45, 2.75) is 0 Å². The lowest BCUT2D eigenvalue weighted by Gasteiger charge is -2.09. The maximum atomic E-state index is 12.0. The van der Waals surface area contributed by atoms with Crippen molar-refractivity contribution in [3.8, 4) is 22.6 Å². The molecule has 2 heterocycles. The van der Waals surface area contributed by atoms with Crippen molar-refractivity contribution in [2.75, 3.05) is 7.11 Å². The summed E-state index contributed by atoms with van der Waals surface area (Å²) < 4.78 is 6.85. The van der Waals surface area contributed by atoms with Gasteiger partial charge in [-0.05, 0) is 41.5 Å². The Balaban J connectivity index is 2.11. The molecule has 0 saturated carbocycles. The van der Waals surface area contributed by atoms with E-state index in [4.69, 9.17) is 4.74 Å². The van der Waals surface area contributed by atoms with E-state index in [9.17, 15) is 4.79 Å². The average molecular weight is 278 g/mol. The second-order valence-corrected chi connectivity index (χ2v) is 4.56. The van der Waals surface area contributed by atoms with E-state index in [0.29, 0.717) is 0 Å². The van der Waals surface area contributed by atoms with Gasteiger partial charge in [0.2, 0.25) is 0 Å². The lowest BCUT2D eigenvalue weighted by molar-refractivity contribution is 0.415. The van der Waals surface area contributed by atoms with Gasteiger partial charge in [-0.25, -0.2) is 0 Å². The lowest BCUT2D eigenvalue weighted by atomic mass is 10.1. The molecule has 1 aromatic carbocycles. The Morgan fingerprint density at radius 1 is 1.00 bits per heavy atom. The van der Waals surface area contributed by atoms with E-state index in [2.05, 4.69) is 4.98 Å². The zero-order valence-corrected chi connectivity index (χ0v) is 11.6. The van der Waals surface area contributed by atoms with Crippen LogP contribution >= 0.6 is 0 Å². The quantitative estimate of drug-likeness (QED) is 0.740. The van der Waals surface area contributed by atoms with Crippen LogP contribution in [0.2, 0.25) is 0 Å². The highest BCUT2D eigenvalue weighted by Gasteiger charge is 2.04.